The number of anilines is 1. The first-order chi connectivity index (χ1) is 7.97. The lowest BCUT2D eigenvalue weighted by Gasteiger charge is -2.15. The van der Waals surface area contributed by atoms with Gasteiger partial charge >= 0.3 is 5.97 Å². The van der Waals surface area contributed by atoms with E-state index < -0.39 is 29.7 Å². The molecule has 0 saturated carbocycles. The summed E-state index contributed by atoms with van der Waals surface area (Å²) in [5, 5.41) is 8.77. The van der Waals surface area contributed by atoms with Crippen molar-refractivity contribution in [2.75, 3.05) is 11.4 Å². The molecular weight excluding hydrogens is 234 g/mol. The van der Waals surface area contributed by atoms with Gasteiger partial charge in [-0.3, -0.25) is 9.59 Å². The highest BCUT2D eigenvalue weighted by atomic mass is 19.1. The van der Waals surface area contributed by atoms with E-state index in [1.54, 1.807) is 0 Å². The van der Waals surface area contributed by atoms with Gasteiger partial charge < -0.3 is 10.0 Å². The maximum absolute atomic E-state index is 12.9. The number of aromatic nitrogens is 1. The minimum absolute atomic E-state index is 0.0104. The fraction of sp³-hybridized carbons (Fsp3) is 0.300. The Bertz CT molecular complexity index is 472. The van der Waals surface area contributed by atoms with Gasteiger partial charge in [0.15, 0.2) is 0 Å². The Morgan fingerprint density at radius 3 is 2.47 bits per heavy atom. The molecule has 1 aliphatic rings. The summed E-state index contributed by atoms with van der Waals surface area (Å²) >= 11 is 0. The minimum Gasteiger partial charge on any atom is -0.481 e. The molecular formula is C10H8F2N2O3. The Labute approximate surface area is 94.7 Å². The van der Waals surface area contributed by atoms with Crippen LogP contribution >= 0.6 is 0 Å². The van der Waals surface area contributed by atoms with Crippen molar-refractivity contribution in [2.24, 2.45) is 5.92 Å². The molecule has 1 aromatic rings. The van der Waals surface area contributed by atoms with Gasteiger partial charge in [-0.25, -0.2) is 0 Å². The number of hydrogen-bond acceptors (Lipinski definition) is 3. The number of nitrogens with zero attached hydrogens (tertiary/aromatic N) is 2. The van der Waals surface area contributed by atoms with Crippen LogP contribution in [0.25, 0.3) is 0 Å². The largest absolute Gasteiger partial charge is 0.481 e. The Morgan fingerprint density at radius 2 is 2.00 bits per heavy atom. The zero-order valence-electron chi connectivity index (χ0n) is 8.56. The highest BCUT2D eigenvalue weighted by molar-refractivity contribution is 5.99. The van der Waals surface area contributed by atoms with Crippen LogP contribution in [-0.4, -0.2) is 28.5 Å². The average Bonchev–Trinajstić information content (AvgIpc) is 2.59. The fourth-order valence-electron chi connectivity index (χ4n) is 1.73. The zero-order valence-corrected chi connectivity index (χ0v) is 8.56. The molecule has 1 saturated heterocycles. The number of amides is 1. The molecule has 17 heavy (non-hydrogen) atoms. The zero-order chi connectivity index (χ0) is 12.6. The molecule has 2 heterocycles. The van der Waals surface area contributed by atoms with Gasteiger partial charge in [0.1, 0.15) is 0 Å². The lowest BCUT2D eigenvalue weighted by molar-refractivity contribution is -0.141. The SMILES string of the molecule is O=C(O)C1CC(=O)N(c2cc(F)nc(F)c2)C1. The van der Waals surface area contributed by atoms with Crippen LogP contribution in [0.5, 0.6) is 0 Å². The van der Waals surface area contributed by atoms with E-state index in [2.05, 4.69) is 4.98 Å². The van der Waals surface area contributed by atoms with Crippen molar-refractivity contribution in [3.63, 3.8) is 0 Å². The average molecular weight is 242 g/mol. The van der Waals surface area contributed by atoms with Crippen molar-refractivity contribution in [3.05, 3.63) is 24.0 Å². The van der Waals surface area contributed by atoms with Crippen molar-refractivity contribution in [1.82, 2.24) is 4.98 Å². The molecule has 1 aliphatic heterocycles. The Hall–Kier alpha value is -2.05. The summed E-state index contributed by atoms with van der Waals surface area (Å²) in [5.41, 5.74) is -0.0104. The van der Waals surface area contributed by atoms with E-state index >= 15 is 0 Å². The summed E-state index contributed by atoms with van der Waals surface area (Å²) < 4.78 is 25.7. The molecule has 1 fully saturated rings. The third-order valence-electron chi connectivity index (χ3n) is 2.53. The number of pyridine rings is 1. The molecule has 0 bridgehead atoms. The van der Waals surface area contributed by atoms with E-state index in [1.807, 2.05) is 0 Å². The quantitative estimate of drug-likeness (QED) is 0.778. The molecule has 1 amide bonds. The molecule has 1 N–H and O–H groups in total. The first-order valence-electron chi connectivity index (χ1n) is 4.83. The van der Waals surface area contributed by atoms with Crippen LogP contribution < -0.4 is 4.90 Å². The molecule has 2 rings (SSSR count). The number of aliphatic carboxylic acids is 1. The van der Waals surface area contributed by atoms with E-state index in [9.17, 15) is 18.4 Å². The predicted octanol–water partition coefficient (Wildman–Crippen LogP) is 0.797. The fourth-order valence-corrected chi connectivity index (χ4v) is 1.73. The van der Waals surface area contributed by atoms with Gasteiger partial charge in [-0.15, -0.1) is 0 Å². The number of carboxylic acid groups (broad SMARTS) is 1. The second kappa shape index (κ2) is 4.08. The molecule has 7 heteroatoms. The smallest absolute Gasteiger partial charge is 0.308 e. The van der Waals surface area contributed by atoms with E-state index in [-0.39, 0.29) is 18.7 Å². The topological polar surface area (TPSA) is 70.5 Å². The first kappa shape index (κ1) is 11.4. The van der Waals surface area contributed by atoms with Crippen LogP contribution in [0.3, 0.4) is 0 Å². The van der Waals surface area contributed by atoms with Crippen LogP contribution in [0.4, 0.5) is 14.5 Å². The van der Waals surface area contributed by atoms with E-state index in [1.165, 1.54) is 0 Å². The molecule has 1 unspecified atom stereocenters. The van der Waals surface area contributed by atoms with E-state index in [0.29, 0.717) is 0 Å². The lowest BCUT2D eigenvalue weighted by atomic mass is 10.1. The van der Waals surface area contributed by atoms with Crippen molar-refractivity contribution >= 4 is 17.6 Å². The number of rotatable bonds is 2. The van der Waals surface area contributed by atoms with Gasteiger partial charge in [0.2, 0.25) is 17.8 Å². The summed E-state index contributed by atoms with van der Waals surface area (Å²) in [7, 11) is 0. The second-order valence-corrected chi connectivity index (χ2v) is 3.71. The molecule has 5 nitrogen and oxygen atoms in total. The van der Waals surface area contributed by atoms with Gasteiger partial charge in [-0.1, -0.05) is 0 Å². The van der Waals surface area contributed by atoms with Gasteiger partial charge in [0.05, 0.1) is 11.6 Å². The lowest BCUT2D eigenvalue weighted by Crippen LogP contribution is -2.26. The third-order valence-corrected chi connectivity index (χ3v) is 2.53. The minimum atomic E-state index is -1.10. The van der Waals surface area contributed by atoms with E-state index in [4.69, 9.17) is 5.11 Å². The van der Waals surface area contributed by atoms with Crippen molar-refractivity contribution in [1.29, 1.82) is 0 Å². The number of halogens is 2. The van der Waals surface area contributed by atoms with Crippen LogP contribution in [-0.2, 0) is 9.59 Å². The Morgan fingerprint density at radius 1 is 1.41 bits per heavy atom. The van der Waals surface area contributed by atoms with Gasteiger partial charge in [0.25, 0.3) is 0 Å². The standard InChI is InChI=1S/C10H8F2N2O3/c11-7-2-6(3-8(12)13-7)14-4-5(10(16)17)1-9(14)15/h2-3,5H,1,4H2,(H,16,17). The first-order valence-corrected chi connectivity index (χ1v) is 4.83. The Balaban J connectivity index is 2.28. The maximum atomic E-state index is 12.9. The highest BCUT2D eigenvalue weighted by Gasteiger charge is 2.35. The molecule has 0 spiro atoms. The molecule has 1 atom stereocenters. The Kier molecular flexibility index (Phi) is 2.74. The number of carbonyl (C=O) groups excluding carboxylic acids is 1. The summed E-state index contributed by atoms with van der Waals surface area (Å²) in [6.07, 6.45) is -0.166. The summed E-state index contributed by atoms with van der Waals surface area (Å²) in [5.74, 6) is -4.52. The highest BCUT2D eigenvalue weighted by Crippen LogP contribution is 2.25. The monoisotopic (exact) mass is 242 g/mol. The van der Waals surface area contributed by atoms with Gasteiger partial charge in [0, 0.05) is 25.1 Å². The molecule has 0 aromatic carbocycles. The van der Waals surface area contributed by atoms with Gasteiger partial charge in [-0.2, -0.15) is 13.8 Å². The van der Waals surface area contributed by atoms with Crippen LogP contribution in [0.15, 0.2) is 12.1 Å². The third kappa shape index (κ3) is 2.22. The predicted molar refractivity (Wildman–Crippen MR) is 52.2 cm³/mol. The second-order valence-electron chi connectivity index (χ2n) is 3.71. The molecule has 90 valence electrons. The van der Waals surface area contributed by atoms with Crippen LogP contribution in [0.2, 0.25) is 0 Å². The van der Waals surface area contributed by atoms with Crippen molar-refractivity contribution < 1.29 is 23.5 Å². The molecule has 0 radical (unpaired) electrons. The van der Waals surface area contributed by atoms with Crippen molar-refractivity contribution in [2.45, 2.75) is 6.42 Å². The van der Waals surface area contributed by atoms with Gasteiger partial charge in [-0.05, 0) is 0 Å². The molecule has 0 aliphatic carbocycles. The van der Waals surface area contributed by atoms with E-state index in [0.717, 1.165) is 17.0 Å². The van der Waals surface area contributed by atoms with Crippen LogP contribution in [0, 0.1) is 17.8 Å². The summed E-state index contributed by atoms with van der Waals surface area (Å²) in [6.45, 7) is -0.0862. The molecule has 1 aromatic heterocycles. The number of hydrogen-bond donors (Lipinski definition) is 1. The summed E-state index contributed by atoms with van der Waals surface area (Å²) in [6, 6.07) is 1.79. The normalized spacial score (nSPS) is 19.8. The summed E-state index contributed by atoms with van der Waals surface area (Å²) in [4.78, 5) is 26.2. The van der Waals surface area contributed by atoms with Crippen LogP contribution in [0.1, 0.15) is 6.42 Å². The maximum Gasteiger partial charge on any atom is 0.308 e. The van der Waals surface area contributed by atoms with Crippen molar-refractivity contribution in [3.8, 4) is 0 Å². The number of carbonyl (C=O) groups is 2. The number of carboxylic acids is 1.